The molecular weight excluding hydrogens is 228 g/mol. The molecule has 0 saturated heterocycles. The molecule has 0 aliphatic rings. The molecule has 0 aromatic heterocycles. The first-order chi connectivity index (χ1) is 7.60. The number of rotatable bonds is 5. The molecule has 0 N–H and O–H groups in total. The molecule has 0 aliphatic heterocycles. The summed E-state index contributed by atoms with van der Waals surface area (Å²) in [6.07, 6.45) is 0. The van der Waals surface area contributed by atoms with Gasteiger partial charge in [0.2, 0.25) is 11.6 Å². The Hall–Kier alpha value is -1.35. The van der Waals surface area contributed by atoms with Crippen LogP contribution >= 0.6 is 11.6 Å². The quantitative estimate of drug-likeness (QED) is 0.451. The maximum absolute atomic E-state index is 11.5. The summed E-state index contributed by atoms with van der Waals surface area (Å²) in [6.45, 7) is 4.28. The number of hydrogen-bond donors (Lipinski definition) is 0. The second-order valence-electron chi connectivity index (χ2n) is 3.30. The average Bonchev–Trinajstić information content (AvgIpc) is 2.30. The highest BCUT2D eigenvalue weighted by Gasteiger charge is 2.15. The summed E-state index contributed by atoms with van der Waals surface area (Å²) in [4.78, 5) is 22.6. The van der Waals surface area contributed by atoms with E-state index in [9.17, 15) is 9.59 Å². The third kappa shape index (κ3) is 2.83. The van der Waals surface area contributed by atoms with Crippen molar-refractivity contribution in [1.29, 1.82) is 0 Å². The molecule has 1 rings (SSSR count). The molecule has 0 heterocycles. The predicted octanol–water partition coefficient (Wildman–Crippen LogP) is 2.38. The molecule has 0 spiro atoms. The van der Waals surface area contributed by atoms with Crippen molar-refractivity contribution < 1.29 is 14.3 Å². The number of Topliss-reactive ketones (excluding diaryl/α,β-unsaturated/α-hetero) is 2. The fourth-order valence-corrected chi connectivity index (χ4v) is 1.45. The minimum atomic E-state index is -0.592. The molecule has 1 aromatic carbocycles. The smallest absolute Gasteiger partial charge is 0.229 e. The van der Waals surface area contributed by atoms with Gasteiger partial charge in [-0.15, -0.1) is 11.6 Å². The van der Waals surface area contributed by atoms with Crippen LogP contribution < -0.4 is 4.74 Å². The molecule has 16 heavy (non-hydrogen) atoms. The zero-order chi connectivity index (χ0) is 12.1. The van der Waals surface area contributed by atoms with Crippen LogP contribution in [0.25, 0.3) is 0 Å². The highest BCUT2D eigenvalue weighted by molar-refractivity contribution is 6.51. The summed E-state index contributed by atoms with van der Waals surface area (Å²) in [5, 5.41) is 0. The molecule has 86 valence electrons. The Kier molecular flexibility index (Phi) is 4.50. The summed E-state index contributed by atoms with van der Waals surface area (Å²) < 4.78 is 5.34. The minimum absolute atomic E-state index is 0.287. The molecule has 0 aliphatic carbocycles. The summed E-state index contributed by atoms with van der Waals surface area (Å²) >= 11 is 5.32. The zero-order valence-electron chi connectivity index (χ0n) is 9.25. The average molecular weight is 241 g/mol. The van der Waals surface area contributed by atoms with Crippen molar-refractivity contribution >= 4 is 23.2 Å². The number of halogens is 1. The van der Waals surface area contributed by atoms with Gasteiger partial charge in [0.25, 0.3) is 0 Å². The third-order valence-corrected chi connectivity index (χ3v) is 2.35. The van der Waals surface area contributed by atoms with E-state index in [-0.39, 0.29) is 5.88 Å². The first-order valence-corrected chi connectivity index (χ1v) is 5.50. The van der Waals surface area contributed by atoms with Crippen molar-refractivity contribution in [3.8, 4) is 5.75 Å². The van der Waals surface area contributed by atoms with Crippen LogP contribution in [0.5, 0.6) is 5.75 Å². The third-order valence-electron chi connectivity index (χ3n) is 2.11. The normalized spacial score (nSPS) is 9.94. The molecule has 4 heteroatoms. The Labute approximate surface area is 99.4 Å². The lowest BCUT2D eigenvalue weighted by Crippen LogP contribution is -2.15. The van der Waals surface area contributed by atoms with Gasteiger partial charge in [0, 0.05) is 5.56 Å². The highest BCUT2D eigenvalue weighted by Crippen LogP contribution is 2.19. The number of carbonyl (C=O) groups is 2. The van der Waals surface area contributed by atoms with Crippen molar-refractivity contribution in [2.75, 3.05) is 12.5 Å². The molecule has 3 nitrogen and oxygen atoms in total. The first kappa shape index (κ1) is 12.7. The Morgan fingerprint density at radius 2 is 2.06 bits per heavy atom. The Balaban J connectivity index is 2.97. The number of alkyl halides is 1. The highest BCUT2D eigenvalue weighted by atomic mass is 35.5. The number of aryl methyl sites for hydroxylation is 1. The molecule has 0 saturated carbocycles. The van der Waals surface area contributed by atoms with Gasteiger partial charge in [-0.05, 0) is 37.6 Å². The van der Waals surface area contributed by atoms with Crippen LogP contribution in [0.1, 0.15) is 22.8 Å². The maximum atomic E-state index is 11.5. The van der Waals surface area contributed by atoms with E-state index in [1.165, 1.54) is 0 Å². The lowest BCUT2D eigenvalue weighted by molar-refractivity contribution is -0.112. The number of benzene rings is 1. The van der Waals surface area contributed by atoms with Gasteiger partial charge in [-0.25, -0.2) is 0 Å². The van der Waals surface area contributed by atoms with E-state index in [0.29, 0.717) is 12.2 Å². The lowest BCUT2D eigenvalue weighted by Gasteiger charge is -2.07. The van der Waals surface area contributed by atoms with Gasteiger partial charge >= 0.3 is 0 Å². The van der Waals surface area contributed by atoms with Crippen molar-refractivity contribution in [3.63, 3.8) is 0 Å². The molecule has 1 aromatic rings. The van der Waals surface area contributed by atoms with Crippen LogP contribution in [0, 0.1) is 6.92 Å². The summed E-state index contributed by atoms with van der Waals surface area (Å²) in [6, 6.07) is 4.90. The Morgan fingerprint density at radius 3 is 2.56 bits per heavy atom. The van der Waals surface area contributed by atoms with Crippen LogP contribution in [0.2, 0.25) is 0 Å². The maximum Gasteiger partial charge on any atom is 0.229 e. The van der Waals surface area contributed by atoms with E-state index in [1.807, 2.05) is 13.8 Å². The summed E-state index contributed by atoms with van der Waals surface area (Å²) in [5.41, 5.74) is 1.18. The fraction of sp³-hybridized carbons (Fsp3) is 0.333. The van der Waals surface area contributed by atoms with Crippen molar-refractivity contribution in [1.82, 2.24) is 0 Å². The van der Waals surface area contributed by atoms with Crippen LogP contribution in [0.3, 0.4) is 0 Å². The molecule has 0 amide bonds. The predicted molar refractivity (Wildman–Crippen MR) is 62.4 cm³/mol. The van der Waals surface area contributed by atoms with E-state index in [4.69, 9.17) is 16.3 Å². The first-order valence-electron chi connectivity index (χ1n) is 4.97. The Morgan fingerprint density at radius 1 is 1.38 bits per heavy atom. The van der Waals surface area contributed by atoms with Gasteiger partial charge in [0.1, 0.15) is 5.75 Å². The molecule has 0 unspecified atom stereocenters. The minimum Gasteiger partial charge on any atom is -0.494 e. The van der Waals surface area contributed by atoms with Gasteiger partial charge in [0.15, 0.2) is 0 Å². The molecular formula is C12H13ClO3. The van der Waals surface area contributed by atoms with Gasteiger partial charge in [0.05, 0.1) is 12.5 Å². The molecule has 0 radical (unpaired) electrons. The molecule has 0 atom stereocenters. The largest absolute Gasteiger partial charge is 0.494 e. The second-order valence-corrected chi connectivity index (χ2v) is 3.57. The second kappa shape index (κ2) is 5.66. The van der Waals surface area contributed by atoms with Crippen molar-refractivity contribution in [2.45, 2.75) is 13.8 Å². The number of ketones is 2. The SMILES string of the molecule is CCOc1ccc(C(=O)C(=O)CCl)cc1C. The van der Waals surface area contributed by atoms with Gasteiger partial charge in [-0.2, -0.15) is 0 Å². The monoisotopic (exact) mass is 240 g/mol. The summed E-state index contributed by atoms with van der Waals surface area (Å²) in [5.74, 6) is -0.714. The Bertz CT molecular complexity index is 413. The zero-order valence-corrected chi connectivity index (χ0v) is 10.0. The van der Waals surface area contributed by atoms with Crippen molar-refractivity contribution in [3.05, 3.63) is 29.3 Å². The van der Waals surface area contributed by atoms with Crippen LogP contribution in [-0.4, -0.2) is 24.1 Å². The number of ether oxygens (including phenoxy) is 1. The van der Waals surface area contributed by atoms with E-state index >= 15 is 0 Å². The number of hydrogen-bond acceptors (Lipinski definition) is 3. The van der Waals surface area contributed by atoms with Gasteiger partial charge in [-0.3, -0.25) is 9.59 Å². The van der Waals surface area contributed by atoms with E-state index in [0.717, 1.165) is 11.3 Å². The van der Waals surface area contributed by atoms with E-state index in [1.54, 1.807) is 18.2 Å². The van der Waals surface area contributed by atoms with Crippen LogP contribution in [0.15, 0.2) is 18.2 Å². The topological polar surface area (TPSA) is 43.4 Å². The van der Waals surface area contributed by atoms with Crippen LogP contribution in [0.4, 0.5) is 0 Å². The molecule has 0 fully saturated rings. The van der Waals surface area contributed by atoms with Gasteiger partial charge < -0.3 is 4.74 Å². The van der Waals surface area contributed by atoms with Crippen molar-refractivity contribution in [2.24, 2.45) is 0 Å². The fourth-order valence-electron chi connectivity index (χ4n) is 1.33. The molecule has 0 bridgehead atoms. The van der Waals surface area contributed by atoms with Crippen LogP contribution in [-0.2, 0) is 4.79 Å². The standard InChI is InChI=1S/C12H13ClO3/c1-3-16-11-5-4-9(6-8(11)2)12(15)10(14)7-13/h4-6H,3,7H2,1-2H3. The summed E-state index contributed by atoms with van der Waals surface area (Å²) in [7, 11) is 0. The van der Waals surface area contributed by atoms with Gasteiger partial charge in [-0.1, -0.05) is 0 Å². The lowest BCUT2D eigenvalue weighted by atomic mass is 10.1. The van der Waals surface area contributed by atoms with E-state index in [2.05, 4.69) is 0 Å². The van der Waals surface area contributed by atoms with E-state index < -0.39 is 11.6 Å². The number of carbonyl (C=O) groups excluding carboxylic acids is 2.